The third kappa shape index (κ3) is 4.17. The fraction of sp³-hybridized carbons (Fsp3) is 0.106. The summed E-state index contributed by atoms with van der Waals surface area (Å²) in [7, 11) is -2.87. The molecule has 10 rings (SSSR count). The summed E-state index contributed by atoms with van der Waals surface area (Å²) in [5.41, 5.74) is 18.4. The lowest BCUT2D eigenvalue weighted by Crippen LogP contribution is -2.88. The van der Waals surface area contributed by atoms with Gasteiger partial charge in [-0.15, -0.1) is 0 Å². The molecule has 51 heavy (non-hydrogen) atoms. The molecule has 4 heteroatoms. The van der Waals surface area contributed by atoms with Crippen molar-refractivity contribution in [2.45, 2.75) is 34.6 Å². The summed E-state index contributed by atoms with van der Waals surface area (Å²) in [4.78, 5) is 5.18. The Morgan fingerprint density at radius 2 is 0.765 bits per heavy atom. The maximum absolute atomic E-state index is 2.87. The second-order valence-electron chi connectivity index (χ2n) is 15.0. The molecule has 0 bridgehead atoms. The van der Waals surface area contributed by atoms with Crippen molar-refractivity contribution in [1.82, 2.24) is 0 Å². The van der Waals surface area contributed by atoms with Gasteiger partial charge in [-0.05, 0) is 148 Å². The lowest BCUT2D eigenvalue weighted by molar-refractivity contribution is 1.22. The normalized spacial score (nSPS) is 14.4. The SMILES string of the molecule is Cc1cccc(N2c3cc(C)cc4c3B3c5c2cc(C)cc5[Si](c2ccccc2)(c2ccccc2)c2cc(C)cc(c23)N4c2cccc(C)c2)c1. The summed E-state index contributed by atoms with van der Waals surface area (Å²) in [6.45, 7) is 11.4. The minimum absolute atomic E-state index is 0.113. The van der Waals surface area contributed by atoms with Crippen LogP contribution in [0.3, 0.4) is 0 Å². The van der Waals surface area contributed by atoms with Gasteiger partial charge in [0, 0.05) is 34.1 Å². The van der Waals surface area contributed by atoms with E-state index in [1.54, 1.807) is 0 Å². The molecule has 0 N–H and O–H groups in total. The standard InChI is InChI=1S/C47H39BN2Si/c1-30-14-12-16-35(22-30)49-39-24-32(3)25-40-45(39)48-46-41(49)26-33(4)28-43(46)51(37-18-8-6-9-19-37,38-20-10-7-11-21-38)44-29-34(5)27-42(47(44)48)50(40)36-17-13-15-31(2)23-36/h6-29H,1-5H3. The van der Waals surface area contributed by atoms with Gasteiger partial charge < -0.3 is 9.80 Å². The zero-order valence-electron chi connectivity index (χ0n) is 29.8. The molecular weight excluding hydrogens is 631 g/mol. The van der Waals surface area contributed by atoms with Crippen LogP contribution in [0.1, 0.15) is 27.8 Å². The maximum atomic E-state index is 2.59. The van der Waals surface area contributed by atoms with E-state index in [0.29, 0.717) is 0 Å². The van der Waals surface area contributed by atoms with E-state index in [2.05, 4.69) is 190 Å². The van der Waals surface area contributed by atoms with Crippen LogP contribution in [0.25, 0.3) is 0 Å². The Hall–Kier alpha value is -5.58. The first-order valence-electron chi connectivity index (χ1n) is 18.1. The minimum atomic E-state index is -2.87. The summed E-state index contributed by atoms with van der Waals surface area (Å²) in [6, 6.07) is 56.1. The first kappa shape index (κ1) is 30.3. The highest BCUT2D eigenvalue weighted by molar-refractivity contribution is 7.27. The fourth-order valence-corrected chi connectivity index (χ4v) is 15.2. The van der Waals surface area contributed by atoms with Crippen molar-refractivity contribution in [2.75, 3.05) is 9.80 Å². The second kappa shape index (κ2) is 11.0. The summed E-state index contributed by atoms with van der Waals surface area (Å²) in [5, 5.41) is 5.89. The monoisotopic (exact) mass is 670 g/mol. The molecule has 0 aromatic heterocycles. The Kier molecular flexibility index (Phi) is 6.50. The van der Waals surface area contributed by atoms with E-state index in [4.69, 9.17) is 0 Å². The molecule has 0 atom stereocenters. The van der Waals surface area contributed by atoms with Crippen LogP contribution in [0.5, 0.6) is 0 Å². The molecule has 0 radical (unpaired) electrons. The number of aryl methyl sites for hydroxylation is 5. The van der Waals surface area contributed by atoms with Gasteiger partial charge in [-0.1, -0.05) is 97.1 Å². The Morgan fingerprint density at radius 3 is 1.18 bits per heavy atom. The zero-order valence-corrected chi connectivity index (χ0v) is 30.8. The Balaban J connectivity index is 1.46. The highest BCUT2D eigenvalue weighted by Gasteiger charge is 2.56. The Bertz CT molecular complexity index is 2390. The summed E-state index contributed by atoms with van der Waals surface area (Å²) < 4.78 is 0. The van der Waals surface area contributed by atoms with Crippen molar-refractivity contribution < 1.29 is 0 Å². The molecule has 7 aromatic rings. The molecule has 0 aliphatic carbocycles. The van der Waals surface area contributed by atoms with E-state index in [0.717, 1.165) is 0 Å². The molecule has 0 saturated carbocycles. The minimum Gasteiger partial charge on any atom is -0.311 e. The summed E-state index contributed by atoms with van der Waals surface area (Å²) >= 11 is 0. The fourth-order valence-electron chi connectivity index (χ4n) is 9.67. The van der Waals surface area contributed by atoms with E-state index in [1.807, 2.05) is 0 Å². The third-order valence-electron chi connectivity index (χ3n) is 11.5. The van der Waals surface area contributed by atoms with Crippen LogP contribution in [0.4, 0.5) is 34.1 Å². The van der Waals surface area contributed by atoms with Gasteiger partial charge in [-0.3, -0.25) is 0 Å². The second-order valence-corrected chi connectivity index (χ2v) is 18.7. The molecular formula is C47H39BN2Si. The number of anilines is 6. The van der Waals surface area contributed by atoms with Gasteiger partial charge in [0.1, 0.15) is 0 Å². The van der Waals surface area contributed by atoms with Gasteiger partial charge in [0.25, 0.3) is 6.71 Å². The van der Waals surface area contributed by atoms with E-state index in [1.165, 1.54) is 99.1 Å². The number of rotatable bonds is 4. The molecule has 3 aliphatic rings. The van der Waals surface area contributed by atoms with E-state index in [9.17, 15) is 0 Å². The van der Waals surface area contributed by atoms with Crippen molar-refractivity contribution >= 4 is 86.0 Å². The number of nitrogens with zero attached hydrogens (tertiary/aromatic N) is 2. The average Bonchev–Trinajstić information content (AvgIpc) is 3.12. The topological polar surface area (TPSA) is 6.48 Å². The lowest BCUT2D eigenvalue weighted by atomic mass is 9.33. The number of hydrogen-bond acceptors (Lipinski definition) is 2. The van der Waals surface area contributed by atoms with Crippen LogP contribution in [-0.4, -0.2) is 14.8 Å². The first-order valence-corrected chi connectivity index (χ1v) is 20.1. The van der Waals surface area contributed by atoms with Crippen molar-refractivity contribution in [2.24, 2.45) is 0 Å². The van der Waals surface area contributed by atoms with Gasteiger partial charge in [0.2, 0.25) is 0 Å². The molecule has 0 saturated heterocycles. The third-order valence-corrected chi connectivity index (χ3v) is 16.3. The molecule has 3 aliphatic heterocycles. The van der Waals surface area contributed by atoms with E-state index >= 15 is 0 Å². The maximum Gasteiger partial charge on any atom is 0.251 e. The highest BCUT2D eigenvalue weighted by atomic mass is 28.3. The van der Waals surface area contributed by atoms with Crippen LogP contribution in [0.2, 0.25) is 0 Å². The van der Waals surface area contributed by atoms with Gasteiger partial charge >= 0.3 is 0 Å². The molecule has 2 nitrogen and oxygen atoms in total. The quantitative estimate of drug-likeness (QED) is 0.186. The van der Waals surface area contributed by atoms with E-state index in [-0.39, 0.29) is 6.71 Å². The Labute approximate surface area is 302 Å². The van der Waals surface area contributed by atoms with Crippen molar-refractivity contribution in [3.05, 3.63) is 173 Å². The van der Waals surface area contributed by atoms with Crippen LogP contribution in [-0.2, 0) is 0 Å². The smallest absolute Gasteiger partial charge is 0.251 e. The molecule has 0 unspecified atom stereocenters. The number of hydrogen-bond donors (Lipinski definition) is 0. The van der Waals surface area contributed by atoms with Gasteiger partial charge in [-0.25, -0.2) is 0 Å². The largest absolute Gasteiger partial charge is 0.311 e. The first-order chi connectivity index (χ1) is 24.8. The zero-order chi connectivity index (χ0) is 34.6. The van der Waals surface area contributed by atoms with Crippen molar-refractivity contribution in [3.8, 4) is 0 Å². The molecule has 3 heterocycles. The summed E-state index contributed by atoms with van der Waals surface area (Å²) in [5.74, 6) is 0. The van der Waals surface area contributed by atoms with Gasteiger partial charge in [0.15, 0.2) is 8.07 Å². The van der Waals surface area contributed by atoms with Crippen LogP contribution < -0.4 is 46.9 Å². The highest BCUT2D eigenvalue weighted by Crippen LogP contribution is 2.45. The molecule has 0 amide bonds. The van der Waals surface area contributed by atoms with Crippen LogP contribution in [0, 0.1) is 34.6 Å². The van der Waals surface area contributed by atoms with E-state index < -0.39 is 8.07 Å². The van der Waals surface area contributed by atoms with Crippen molar-refractivity contribution in [1.29, 1.82) is 0 Å². The predicted octanol–water partition coefficient (Wildman–Crippen LogP) is 7.00. The summed E-state index contributed by atoms with van der Waals surface area (Å²) in [6.07, 6.45) is 0. The van der Waals surface area contributed by atoms with Gasteiger partial charge in [0.05, 0.1) is 0 Å². The lowest BCUT2D eigenvalue weighted by Gasteiger charge is -2.52. The van der Waals surface area contributed by atoms with Crippen LogP contribution >= 0.6 is 0 Å². The number of benzene rings is 7. The van der Waals surface area contributed by atoms with Crippen LogP contribution in [0.15, 0.2) is 146 Å². The Morgan fingerprint density at radius 1 is 0.373 bits per heavy atom. The molecule has 244 valence electrons. The predicted molar refractivity (Wildman–Crippen MR) is 221 cm³/mol. The van der Waals surface area contributed by atoms with Crippen molar-refractivity contribution in [3.63, 3.8) is 0 Å². The molecule has 7 aromatic carbocycles. The molecule has 0 fully saturated rings. The molecule has 0 spiro atoms. The van der Waals surface area contributed by atoms with Gasteiger partial charge in [-0.2, -0.15) is 0 Å². The average molecular weight is 671 g/mol.